The molecular formula is C18H19FIN3O3. The number of hydrogen-bond donors (Lipinski definition) is 2. The number of aliphatic hydroxyl groups excluding tert-OH is 1. The van der Waals surface area contributed by atoms with E-state index in [0.29, 0.717) is 24.5 Å². The third kappa shape index (κ3) is 3.61. The van der Waals surface area contributed by atoms with E-state index in [0.717, 1.165) is 3.57 Å². The number of amides is 1. The van der Waals surface area contributed by atoms with E-state index in [1.165, 1.54) is 19.1 Å². The first kappa shape index (κ1) is 18.8. The molecule has 6 nitrogen and oxygen atoms in total. The van der Waals surface area contributed by atoms with Crippen molar-refractivity contribution in [2.24, 2.45) is 7.05 Å². The summed E-state index contributed by atoms with van der Waals surface area (Å²) in [5.74, 6) is -0.587. The van der Waals surface area contributed by atoms with Crippen molar-refractivity contribution < 1.29 is 19.1 Å². The molecule has 0 radical (unpaired) electrons. The van der Waals surface area contributed by atoms with E-state index < -0.39 is 11.9 Å². The predicted octanol–water partition coefficient (Wildman–Crippen LogP) is 2.92. The first-order valence-electron chi connectivity index (χ1n) is 8.18. The molecule has 1 atom stereocenters. The Morgan fingerprint density at radius 2 is 2.08 bits per heavy atom. The highest BCUT2D eigenvalue weighted by molar-refractivity contribution is 14.1. The molecule has 0 bridgehead atoms. The van der Waals surface area contributed by atoms with Crippen LogP contribution in [0.25, 0.3) is 0 Å². The van der Waals surface area contributed by atoms with Crippen LogP contribution in [0.3, 0.4) is 0 Å². The van der Waals surface area contributed by atoms with Gasteiger partial charge in [-0.2, -0.15) is 0 Å². The molecule has 2 heterocycles. The molecule has 1 fully saturated rings. The van der Waals surface area contributed by atoms with Crippen LogP contribution >= 0.6 is 22.6 Å². The molecule has 1 amide bonds. The molecule has 0 spiro atoms. The van der Waals surface area contributed by atoms with Gasteiger partial charge >= 0.3 is 0 Å². The zero-order valence-corrected chi connectivity index (χ0v) is 16.6. The minimum Gasteiger partial charge on any atom is -0.391 e. The van der Waals surface area contributed by atoms with Gasteiger partial charge in [-0.3, -0.25) is 9.59 Å². The van der Waals surface area contributed by atoms with E-state index in [9.17, 15) is 19.1 Å². The molecule has 0 unspecified atom stereocenters. The number of Topliss-reactive ketones (excluding diaryl/α,β-unsaturated/α-hetero) is 1. The summed E-state index contributed by atoms with van der Waals surface area (Å²) in [6, 6.07) is 6.24. The van der Waals surface area contributed by atoms with Crippen molar-refractivity contribution in [3.8, 4) is 0 Å². The van der Waals surface area contributed by atoms with Crippen molar-refractivity contribution in [3.63, 3.8) is 0 Å². The lowest BCUT2D eigenvalue weighted by molar-refractivity contribution is 0.0766. The number of anilines is 2. The van der Waals surface area contributed by atoms with Gasteiger partial charge in [0.1, 0.15) is 11.6 Å². The Morgan fingerprint density at radius 3 is 2.65 bits per heavy atom. The molecule has 2 N–H and O–H groups in total. The normalized spacial score (nSPS) is 16.8. The summed E-state index contributed by atoms with van der Waals surface area (Å²) in [6.07, 6.45) is -0.0212. The Kier molecular flexibility index (Phi) is 5.33. The van der Waals surface area contributed by atoms with E-state index in [1.54, 1.807) is 28.6 Å². The summed E-state index contributed by atoms with van der Waals surface area (Å²) in [4.78, 5) is 26.3. The average molecular weight is 471 g/mol. The van der Waals surface area contributed by atoms with E-state index in [-0.39, 0.29) is 29.5 Å². The zero-order chi connectivity index (χ0) is 19.0. The fourth-order valence-electron chi connectivity index (χ4n) is 3.07. The molecule has 26 heavy (non-hydrogen) atoms. The second kappa shape index (κ2) is 7.36. The Balaban J connectivity index is 2.02. The average Bonchev–Trinajstić information content (AvgIpc) is 3.14. The monoisotopic (exact) mass is 471 g/mol. The number of ketones is 1. The van der Waals surface area contributed by atoms with Gasteiger partial charge in [0, 0.05) is 30.6 Å². The number of carbonyl (C=O) groups is 2. The van der Waals surface area contributed by atoms with Gasteiger partial charge in [-0.15, -0.1) is 0 Å². The summed E-state index contributed by atoms with van der Waals surface area (Å²) in [5.41, 5.74) is 0.850. The van der Waals surface area contributed by atoms with Crippen molar-refractivity contribution in [2.75, 3.05) is 18.4 Å². The summed E-state index contributed by atoms with van der Waals surface area (Å²) in [5, 5.41) is 12.6. The van der Waals surface area contributed by atoms with Gasteiger partial charge < -0.3 is 19.9 Å². The molecule has 1 aromatic carbocycles. The first-order valence-corrected chi connectivity index (χ1v) is 9.26. The molecule has 0 aliphatic carbocycles. The van der Waals surface area contributed by atoms with Gasteiger partial charge in [-0.1, -0.05) is 0 Å². The third-order valence-electron chi connectivity index (χ3n) is 4.46. The number of aromatic nitrogens is 1. The zero-order valence-electron chi connectivity index (χ0n) is 14.4. The van der Waals surface area contributed by atoms with Crippen molar-refractivity contribution in [2.45, 2.75) is 19.4 Å². The maximum atomic E-state index is 14.2. The summed E-state index contributed by atoms with van der Waals surface area (Å²) >= 11 is 2.02. The quantitative estimate of drug-likeness (QED) is 0.532. The van der Waals surface area contributed by atoms with Crippen LogP contribution in [-0.2, 0) is 7.05 Å². The van der Waals surface area contributed by atoms with Gasteiger partial charge in [-0.25, -0.2) is 4.39 Å². The van der Waals surface area contributed by atoms with E-state index in [1.807, 2.05) is 22.6 Å². The van der Waals surface area contributed by atoms with Crippen molar-refractivity contribution in [1.29, 1.82) is 0 Å². The van der Waals surface area contributed by atoms with Crippen LogP contribution in [0.2, 0.25) is 0 Å². The number of aliphatic hydroxyl groups is 1. The van der Waals surface area contributed by atoms with Crippen LogP contribution in [0, 0.1) is 9.39 Å². The van der Waals surface area contributed by atoms with Gasteiger partial charge in [0.25, 0.3) is 5.91 Å². The molecule has 1 aliphatic heterocycles. The minimum atomic E-state index is -0.542. The smallest absolute Gasteiger partial charge is 0.257 e. The fraction of sp³-hybridized carbons (Fsp3) is 0.333. The molecule has 2 aromatic rings. The summed E-state index contributed by atoms with van der Waals surface area (Å²) < 4.78 is 16.6. The summed E-state index contributed by atoms with van der Waals surface area (Å²) in [7, 11) is 1.65. The Morgan fingerprint density at radius 1 is 1.35 bits per heavy atom. The van der Waals surface area contributed by atoms with Crippen molar-refractivity contribution in [1.82, 2.24) is 9.47 Å². The summed E-state index contributed by atoms with van der Waals surface area (Å²) in [6.45, 7) is 2.11. The van der Waals surface area contributed by atoms with Crippen molar-refractivity contribution in [3.05, 3.63) is 44.9 Å². The van der Waals surface area contributed by atoms with Crippen molar-refractivity contribution >= 4 is 45.8 Å². The van der Waals surface area contributed by atoms with E-state index in [2.05, 4.69) is 5.32 Å². The minimum absolute atomic E-state index is 0.195. The first-order chi connectivity index (χ1) is 12.3. The predicted molar refractivity (Wildman–Crippen MR) is 104 cm³/mol. The standard InChI is InChI=1S/C18H19FIN3O3/c1-10(24)16-8-13(18(26)23-6-5-12(25)9-23)17(22(16)2)21-15-4-3-11(20)7-14(15)19/h3-4,7-8,12,21,25H,5-6,9H2,1-2H3/t12-/m0/s1. The number of benzene rings is 1. The highest BCUT2D eigenvalue weighted by Crippen LogP contribution is 2.29. The van der Waals surface area contributed by atoms with E-state index >= 15 is 0 Å². The molecule has 1 aliphatic rings. The number of β-amino-alcohol motifs (C(OH)–C–C–N with tert-alkyl or cyclic N) is 1. The third-order valence-corrected chi connectivity index (χ3v) is 5.13. The topological polar surface area (TPSA) is 74.6 Å². The number of halogens is 2. The second-order valence-corrected chi connectivity index (χ2v) is 7.60. The van der Waals surface area contributed by atoms with Crippen LogP contribution in [0.15, 0.2) is 24.3 Å². The number of hydrogen-bond acceptors (Lipinski definition) is 4. The van der Waals surface area contributed by atoms with Crippen LogP contribution in [0.4, 0.5) is 15.9 Å². The number of carbonyl (C=O) groups excluding carboxylic acids is 2. The largest absolute Gasteiger partial charge is 0.391 e. The SMILES string of the molecule is CC(=O)c1cc(C(=O)N2CC[C@H](O)C2)c(Nc2ccc(I)cc2F)n1C. The second-order valence-electron chi connectivity index (χ2n) is 6.35. The molecule has 3 rings (SSSR count). The van der Waals surface area contributed by atoms with Gasteiger partial charge in [-0.05, 0) is 53.3 Å². The Labute approximate surface area is 164 Å². The number of nitrogens with one attached hydrogen (secondary N) is 1. The van der Waals surface area contributed by atoms with Crippen LogP contribution in [-0.4, -0.2) is 45.5 Å². The lowest BCUT2D eigenvalue weighted by Gasteiger charge is -2.17. The maximum absolute atomic E-state index is 14.2. The molecule has 1 saturated heterocycles. The van der Waals surface area contributed by atoms with Gasteiger partial charge in [0.05, 0.1) is 23.0 Å². The fourth-order valence-corrected chi connectivity index (χ4v) is 3.52. The molecule has 8 heteroatoms. The Bertz CT molecular complexity index is 881. The van der Waals surface area contributed by atoms with Crippen LogP contribution in [0.1, 0.15) is 34.2 Å². The van der Waals surface area contributed by atoms with Gasteiger partial charge in [0.15, 0.2) is 5.78 Å². The number of nitrogens with zero attached hydrogens (tertiary/aromatic N) is 2. The van der Waals surface area contributed by atoms with Gasteiger partial charge in [0.2, 0.25) is 0 Å². The highest BCUT2D eigenvalue weighted by atomic mass is 127. The number of likely N-dealkylation sites (tertiary alicyclic amines) is 1. The maximum Gasteiger partial charge on any atom is 0.257 e. The van der Waals surface area contributed by atoms with Crippen LogP contribution in [0.5, 0.6) is 0 Å². The lowest BCUT2D eigenvalue weighted by atomic mass is 10.2. The molecule has 138 valence electrons. The highest BCUT2D eigenvalue weighted by Gasteiger charge is 2.29. The molecule has 0 saturated carbocycles. The lowest BCUT2D eigenvalue weighted by Crippen LogP contribution is -2.29. The molecule has 1 aromatic heterocycles. The molecular weight excluding hydrogens is 452 g/mol. The van der Waals surface area contributed by atoms with E-state index in [4.69, 9.17) is 0 Å². The number of rotatable bonds is 4. The van der Waals surface area contributed by atoms with Crippen LogP contribution < -0.4 is 5.32 Å². The Hall–Kier alpha value is -1.94.